The van der Waals surface area contributed by atoms with Gasteiger partial charge in [0.1, 0.15) is 6.61 Å². The third-order valence-corrected chi connectivity index (χ3v) is 3.19. The maximum Gasteiger partial charge on any atom is 0.335 e. The van der Waals surface area contributed by atoms with Gasteiger partial charge in [-0.15, -0.1) is 0 Å². The van der Waals surface area contributed by atoms with Gasteiger partial charge in [0.15, 0.2) is 11.5 Å². The van der Waals surface area contributed by atoms with E-state index in [9.17, 15) is 4.79 Å². The maximum absolute atomic E-state index is 11.0. The van der Waals surface area contributed by atoms with Crippen LogP contribution in [0, 0.1) is 0 Å². The van der Waals surface area contributed by atoms with Gasteiger partial charge >= 0.3 is 5.97 Å². The van der Waals surface area contributed by atoms with Crippen molar-refractivity contribution in [2.45, 2.75) is 6.61 Å². The highest BCUT2D eigenvalue weighted by Crippen LogP contribution is 2.29. The molecule has 0 atom stereocenters. The highest BCUT2D eigenvalue weighted by Gasteiger charge is 2.10. The Bertz CT molecular complexity index is 625. The Morgan fingerprint density at radius 2 is 2.00 bits per heavy atom. The van der Waals surface area contributed by atoms with Crippen molar-refractivity contribution in [3.8, 4) is 11.5 Å². The molecular formula is C15H13BrO4. The van der Waals surface area contributed by atoms with Crippen LogP contribution in [-0.2, 0) is 6.61 Å². The molecule has 0 aliphatic carbocycles. The summed E-state index contributed by atoms with van der Waals surface area (Å²) in [5.41, 5.74) is 1.14. The van der Waals surface area contributed by atoms with E-state index in [0.717, 1.165) is 10.0 Å². The highest BCUT2D eigenvalue weighted by molar-refractivity contribution is 9.10. The molecule has 0 aliphatic heterocycles. The molecule has 2 aromatic rings. The number of carboxylic acids is 1. The van der Waals surface area contributed by atoms with Crippen LogP contribution in [0.1, 0.15) is 15.9 Å². The second-order valence-electron chi connectivity index (χ2n) is 4.09. The fourth-order valence-electron chi connectivity index (χ4n) is 1.71. The zero-order valence-corrected chi connectivity index (χ0v) is 12.4. The second-order valence-corrected chi connectivity index (χ2v) is 5.01. The van der Waals surface area contributed by atoms with Gasteiger partial charge in [0.25, 0.3) is 0 Å². The van der Waals surface area contributed by atoms with Crippen LogP contribution in [0.4, 0.5) is 0 Å². The Hall–Kier alpha value is -2.01. The van der Waals surface area contributed by atoms with Gasteiger partial charge in [0.05, 0.1) is 12.7 Å². The van der Waals surface area contributed by atoms with Gasteiger partial charge < -0.3 is 14.6 Å². The molecule has 0 aliphatic rings. The van der Waals surface area contributed by atoms with Crippen molar-refractivity contribution in [3.63, 3.8) is 0 Å². The average Bonchev–Trinajstić information content (AvgIpc) is 2.44. The minimum absolute atomic E-state index is 0.162. The average molecular weight is 337 g/mol. The molecule has 0 radical (unpaired) electrons. The van der Waals surface area contributed by atoms with E-state index >= 15 is 0 Å². The number of carbonyl (C=O) groups is 1. The van der Waals surface area contributed by atoms with Crippen molar-refractivity contribution in [1.82, 2.24) is 0 Å². The van der Waals surface area contributed by atoms with Gasteiger partial charge in [-0.1, -0.05) is 28.1 Å². The van der Waals surface area contributed by atoms with Crippen LogP contribution in [0.2, 0.25) is 0 Å². The fourth-order valence-corrected chi connectivity index (χ4v) is 2.16. The molecule has 0 amide bonds. The fraction of sp³-hybridized carbons (Fsp3) is 0.133. The molecule has 2 rings (SSSR count). The van der Waals surface area contributed by atoms with Crippen LogP contribution in [0.15, 0.2) is 46.9 Å². The number of hydrogen-bond donors (Lipinski definition) is 1. The molecule has 0 heterocycles. The van der Waals surface area contributed by atoms with E-state index in [1.165, 1.54) is 19.2 Å². The summed E-state index contributed by atoms with van der Waals surface area (Å²) >= 11 is 3.39. The maximum atomic E-state index is 11.0. The first kappa shape index (κ1) is 14.4. The van der Waals surface area contributed by atoms with Gasteiger partial charge in [0, 0.05) is 4.47 Å². The van der Waals surface area contributed by atoms with Crippen molar-refractivity contribution in [1.29, 1.82) is 0 Å². The van der Waals surface area contributed by atoms with Crippen LogP contribution >= 0.6 is 15.9 Å². The smallest absolute Gasteiger partial charge is 0.335 e. The molecule has 0 fully saturated rings. The van der Waals surface area contributed by atoms with Crippen molar-refractivity contribution in [3.05, 3.63) is 58.1 Å². The van der Waals surface area contributed by atoms with E-state index < -0.39 is 5.97 Å². The van der Waals surface area contributed by atoms with Gasteiger partial charge in [0.2, 0.25) is 0 Å². The Labute approximate surface area is 125 Å². The SMILES string of the molecule is COc1ccc(C(=O)O)cc1OCc1cccc(Br)c1. The molecule has 0 bridgehead atoms. The standard InChI is InChI=1S/C15H13BrO4/c1-19-13-6-5-11(15(17)18)8-14(13)20-9-10-3-2-4-12(16)7-10/h2-8H,9H2,1H3,(H,17,18). The summed E-state index contributed by atoms with van der Waals surface area (Å²) in [5, 5.41) is 8.99. The highest BCUT2D eigenvalue weighted by atomic mass is 79.9. The van der Waals surface area contributed by atoms with Crippen LogP contribution in [0.25, 0.3) is 0 Å². The quantitative estimate of drug-likeness (QED) is 0.903. The third-order valence-electron chi connectivity index (χ3n) is 2.69. The summed E-state index contributed by atoms with van der Waals surface area (Å²) < 4.78 is 11.8. The van der Waals surface area contributed by atoms with Crippen molar-refractivity contribution < 1.29 is 19.4 Å². The summed E-state index contributed by atoms with van der Waals surface area (Å²) in [6.07, 6.45) is 0. The van der Waals surface area contributed by atoms with Crippen LogP contribution in [0.5, 0.6) is 11.5 Å². The number of hydrogen-bond acceptors (Lipinski definition) is 3. The Morgan fingerprint density at radius 1 is 1.20 bits per heavy atom. The van der Waals surface area contributed by atoms with E-state index in [2.05, 4.69) is 15.9 Å². The second kappa shape index (κ2) is 6.43. The van der Waals surface area contributed by atoms with E-state index in [1.54, 1.807) is 6.07 Å². The van der Waals surface area contributed by atoms with Crippen LogP contribution in [0.3, 0.4) is 0 Å². The molecule has 0 aromatic heterocycles. The molecule has 0 saturated heterocycles. The number of ether oxygens (including phenoxy) is 2. The number of methoxy groups -OCH3 is 1. The zero-order chi connectivity index (χ0) is 14.5. The summed E-state index contributed by atoms with van der Waals surface area (Å²) in [4.78, 5) is 11.0. The summed E-state index contributed by atoms with van der Waals surface area (Å²) in [7, 11) is 1.52. The van der Waals surface area contributed by atoms with Gasteiger partial charge in [-0.2, -0.15) is 0 Å². The summed E-state index contributed by atoms with van der Waals surface area (Å²) in [6, 6.07) is 12.2. The van der Waals surface area contributed by atoms with Gasteiger partial charge in [-0.05, 0) is 35.9 Å². The van der Waals surface area contributed by atoms with Gasteiger partial charge in [-0.3, -0.25) is 0 Å². The summed E-state index contributed by atoms with van der Waals surface area (Å²) in [6.45, 7) is 0.332. The first-order chi connectivity index (χ1) is 9.60. The minimum Gasteiger partial charge on any atom is -0.493 e. The number of aromatic carboxylic acids is 1. The lowest BCUT2D eigenvalue weighted by Crippen LogP contribution is -2.01. The summed E-state index contributed by atoms with van der Waals surface area (Å²) in [5.74, 6) is -0.0858. The topological polar surface area (TPSA) is 55.8 Å². The van der Waals surface area contributed by atoms with Crippen LogP contribution < -0.4 is 9.47 Å². The predicted molar refractivity (Wildman–Crippen MR) is 78.4 cm³/mol. The normalized spacial score (nSPS) is 10.1. The lowest BCUT2D eigenvalue weighted by atomic mass is 10.2. The van der Waals surface area contributed by atoms with Crippen molar-refractivity contribution in [2.24, 2.45) is 0 Å². The number of rotatable bonds is 5. The van der Waals surface area contributed by atoms with Crippen LogP contribution in [-0.4, -0.2) is 18.2 Å². The van der Waals surface area contributed by atoms with Gasteiger partial charge in [-0.25, -0.2) is 4.79 Å². The Morgan fingerprint density at radius 3 is 2.65 bits per heavy atom. The molecule has 0 saturated carbocycles. The van der Waals surface area contributed by atoms with Crippen molar-refractivity contribution >= 4 is 21.9 Å². The van der Waals surface area contributed by atoms with E-state index in [0.29, 0.717) is 18.1 Å². The monoisotopic (exact) mass is 336 g/mol. The van der Waals surface area contributed by atoms with E-state index in [-0.39, 0.29) is 5.56 Å². The van der Waals surface area contributed by atoms with E-state index in [4.69, 9.17) is 14.6 Å². The molecular weight excluding hydrogens is 324 g/mol. The minimum atomic E-state index is -1.00. The van der Waals surface area contributed by atoms with E-state index in [1.807, 2.05) is 24.3 Å². The molecule has 2 aromatic carbocycles. The van der Waals surface area contributed by atoms with Crippen molar-refractivity contribution in [2.75, 3.05) is 7.11 Å². The number of benzene rings is 2. The largest absolute Gasteiger partial charge is 0.493 e. The zero-order valence-electron chi connectivity index (χ0n) is 10.8. The number of carboxylic acid groups (broad SMARTS) is 1. The Kier molecular flexibility index (Phi) is 4.63. The lowest BCUT2D eigenvalue weighted by molar-refractivity contribution is 0.0696. The molecule has 5 heteroatoms. The molecule has 1 N–H and O–H groups in total. The molecule has 104 valence electrons. The third kappa shape index (κ3) is 3.51. The first-order valence-electron chi connectivity index (χ1n) is 5.88. The predicted octanol–water partition coefficient (Wildman–Crippen LogP) is 3.73. The molecule has 0 spiro atoms. The number of halogens is 1. The Balaban J connectivity index is 2.19. The lowest BCUT2D eigenvalue weighted by Gasteiger charge is -2.11. The molecule has 20 heavy (non-hydrogen) atoms. The molecule has 4 nitrogen and oxygen atoms in total. The molecule has 0 unspecified atom stereocenters. The first-order valence-corrected chi connectivity index (χ1v) is 6.68.